The topological polar surface area (TPSA) is 96.2 Å². The van der Waals surface area contributed by atoms with Crippen LogP contribution in [0, 0.1) is 5.95 Å². The van der Waals surface area contributed by atoms with Crippen molar-refractivity contribution in [3.8, 4) is 0 Å². The molecule has 0 radical (unpaired) electrons. The van der Waals surface area contributed by atoms with Gasteiger partial charge in [-0.1, -0.05) is 20.3 Å². The minimum atomic E-state index is -0.659. The van der Waals surface area contributed by atoms with Gasteiger partial charge in [-0.05, 0) is 31.7 Å². The van der Waals surface area contributed by atoms with Gasteiger partial charge in [0, 0.05) is 36.1 Å². The fourth-order valence-corrected chi connectivity index (χ4v) is 3.36. The largest absolute Gasteiger partial charge is 0.379 e. The summed E-state index contributed by atoms with van der Waals surface area (Å²) in [7, 11) is 0. The number of rotatable bonds is 9. The number of nitrogens with zero attached hydrogens (tertiary/aromatic N) is 4. The lowest BCUT2D eigenvalue weighted by Crippen LogP contribution is -2.21. The lowest BCUT2D eigenvalue weighted by Gasteiger charge is -2.18. The summed E-state index contributed by atoms with van der Waals surface area (Å²) in [6.45, 7) is 4.29. The van der Waals surface area contributed by atoms with E-state index < -0.39 is 11.9 Å². The van der Waals surface area contributed by atoms with Crippen LogP contribution in [0.2, 0.25) is 0 Å². The Kier molecular flexibility index (Phi) is 5.78. The van der Waals surface area contributed by atoms with E-state index in [1.54, 1.807) is 4.52 Å². The van der Waals surface area contributed by atoms with Crippen LogP contribution in [0.25, 0.3) is 5.65 Å². The maximum Gasteiger partial charge on any atom is 0.276 e. The van der Waals surface area contributed by atoms with Crippen LogP contribution in [0.5, 0.6) is 0 Å². The quantitative estimate of drug-likeness (QED) is 0.459. The predicted octanol–water partition coefficient (Wildman–Crippen LogP) is 4.08. The number of hydrogen-bond acceptors (Lipinski definition) is 6. The van der Waals surface area contributed by atoms with E-state index in [4.69, 9.17) is 0 Å². The van der Waals surface area contributed by atoms with E-state index in [-0.39, 0.29) is 5.69 Å². The number of fused-ring (bicyclic) bond motifs is 1. The molecule has 0 unspecified atom stereocenters. The molecular formula is C21H26FN7O. The average molecular weight is 411 g/mol. The van der Waals surface area contributed by atoms with Gasteiger partial charge in [-0.25, -0.2) is 14.5 Å². The number of aromatic nitrogens is 4. The first-order valence-corrected chi connectivity index (χ1v) is 10.4. The third kappa shape index (κ3) is 4.50. The van der Waals surface area contributed by atoms with E-state index >= 15 is 0 Å². The van der Waals surface area contributed by atoms with Crippen LogP contribution in [-0.2, 0) is 0 Å². The summed E-state index contributed by atoms with van der Waals surface area (Å²) < 4.78 is 14.9. The minimum Gasteiger partial charge on any atom is -0.379 e. The van der Waals surface area contributed by atoms with Gasteiger partial charge in [-0.2, -0.15) is 4.39 Å². The van der Waals surface area contributed by atoms with Crippen LogP contribution in [0.15, 0.2) is 30.6 Å². The molecule has 30 heavy (non-hydrogen) atoms. The molecule has 1 fully saturated rings. The van der Waals surface area contributed by atoms with E-state index in [1.807, 2.05) is 6.07 Å². The summed E-state index contributed by atoms with van der Waals surface area (Å²) in [5, 5.41) is 14.3. The molecule has 1 aliphatic rings. The number of imidazole rings is 1. The van der Waals surface area contributed by atoms with Crippen LogP contribution in [0.1, 0.15) is 56.4 Å². The van der Waals surface area contributed by atoms with E-state index in [0.29, 0.717) is 29.2 Å². The molecule has 0 aromatic carbocycles. The summed E-state index contributed by atoms with van der Waals surface area (Å²) in [6, 6.07) is 5.38. The molecular weight excluding hydrogens is 385 g/mol. The number of anilines is 3. The first-order valence-electron chi connectivity index (χ1n) is 10.4. The van der Waals surface area contributed by atoms with Crippen molar-refractivity contribution in [1.82, 2.24) is 19.6 Å². The van der Waals surface area contributed by atoms with Crippen molar-refractivity contribution in [1.29, 1.82) is 0 Å². The lowest BCUT2D eigenvalue weighted by molar-refractivity contribution is 0.102. The molecule has 3 heterocycles. The van der Waals surface area contributed by atoms with Gasteiger partial charge in [0.05, 0.1) is 11.9 Å². The minimum absolute atomic E-state index is 0.272. The monoisotopic (exact) mass is 411 g/mol. The van der Waals surface area contributed by atoms with Gasteiger partial charge < -0.3 is 16.0 Å². The van der Waals surface area contributed by atoms with E-state index in [1.165, 1.54) is 18.5 Å². The lowest BCUT2D eigenvalue weighted by atomic mass is 10.1. The number of nitrogens with one attached hydrogen (secondary N) is 3. The van der Waals surface area contributed by atoms with Crippen molar-refractivity contribution in [2.75, 3.05) is 16.0 Å². The summed E-state index contributed by atoms with van der Waals surface area (Å²) in [6.07, 6.45) is 8.10. The number of pyridine rings is 1. The van der Waals surface area contributed by atoms with Gasteiger partial charge in [0.1, 0.15) is 5.82 Å². The third-order valence-electron chi connectivity index (χ3n) is 5.10. The van der Waals surface area contributed by atoms with Crippen LogP contribution in [-0.4, -0.2) is 37.6 Å². The second-order valence-electron chi connectivity index (χ2n) is 7.60. The highest BCUT2D eigenvalue weighted by Crippen LogP contribution is 2.29. The molecule has 3 N–H and O–H groups in total. The Bertz CT molecular complexity index is 1050. The van der Waals surface area contributed by atoms with Crippen molar-refractivity contribution in [2.24, 2.45) is 0 Å². The molecule has 4 rings (SSSR count). The highest BCUT2D eigenvalue weighted by atomic mass is 19.1. The zero-order valence-corrected chi connectivity index (χ0v) is 17.2. The third-order valence-corrected chi connectivity index (χ3v) is 5.10. The van der Waals surface area contributed by atoms with E-state index in [9.17, 15) is 9.18 Å². The fraction of sp³-hybridized carbons (Fsp3) is 0.429. The maximum absolute atomic E-state index is 13.4. The molecule has 0 aliphatic heterocycles. The van der Waals surface area contributed by atoms with Crippen molar-refractivity contribution < 1.29 is 9.18 Å². The van der Waals surface area contributed by atoms with Crippen LogP contribution in [0.4, 0.5) is 21.6 Å². The SMILES string of the molecule is CCC[C@@H](CC)Nc1cc(NC2CC2)c2ncc(C(=O)Nc3ccnc(F)c3)n2n1. The van der Waals surface area contributed by atoms with Gasteiger partial charge >= 0.3 is 0 Å². The first-order chi connectivity index (χ1) is 14.6. The highest BCUT2D eigenvalue weighted by Gasteiger charge is 2.24. The fourth-order valence-electron chi connectivity index (χ4n) is 3.36. The van der Waals surface area contributed by atoms with E-state index in [0.717, 1.165) is 43.9 Å². The number of carbonyl (C=O) groups is 1. The Morgan fingerprint density at radius 2 is 2.13 bits per heavy atom. The number of hydrogen-bond donors (Lipinski definition) is 3. The first kappa shape index (κ1) is 20.1. The summed E-state index contributed by atoms with van der Waals surface area (Å²) >= 11 is 0. The molecule has 1 aliphatic carbocycles. The average Bonchev–Trinajstić information content (AvgIpc) is 3.43. The van der Waals surface area contributed by atoms with Gasteiger partial charge in [0.25, 0.3) is 5.91 Å². The Morgan fingerprint density at radius 1 is 1.30 bits per heavy atom. The normalized spacial score (nSPS) is 14.5. The molecule has 3 aromatic heterocycles. The van der Waals surface area contributed by atoms with Gasteiger partial charge in [0.2, 0.25) is 5.95 Å². The summed E-state index contributed by atoms with van der Waals surface area (Å²) in [5.41, 5.74) is 2.02. The van der Waals surface area contributed by atoms with Gasteiger partial charge in [-0.15, -0.1) is 5.10 Å². The van der Waals surface area contributed by atoms with Crippen molar-refractivity contribution in [3.05, 3.63) is 42.2 Å². The van der Waals surface area contributed by atoms with Crippen molar-refractivity contribution in [2.45, 2.75) is 58.0 Å². The standard InChI is InChI=1S/C21H26FN7O/c1-3-5-13(4-2)26-19-11-16(25-14-6-7-14)20-24-12-17(29(20)28-19)21(30)27-15-8-9-23-18(22)10-15/h8-14,25H,3-7H2,1-2H3,(H,26,28)(H,23,27,30)/t13-/m1/s1. The van der Waals surface area contributed by atoms with Gasteiger partial charge in [-0.3, -0.25) is 4.79 Å². The zero-order chi connectivity index (χ0) is 21.1. The summed E-state index contributed by atoms with van der Waals surface area (Å²) in [4.78, 5) is 20.8. The molecule has 0 spiro atoms. The van der Waals surface area contributed by atoms with E-state index in [2.05, 4.69) is 44.9 Å². The molecule has 158 valence electrons. The molecule has 8 nitrogen and oxygen atoms in total. The number of carbonyl (C=O) groups excluding carboxylic acids is 1. The molecule has 1 saturated carbocycles. The highest BCUT2D eigenvalue weighted by molar-refractivity contribution is 6.03. The number of halogens is 1. The Balaban J connectivity index is 1.67. The van der Waals surface area contributed by atoms with Crippen molar-refractivity contribution >= 4 is 28.7 Å². The van der Waals surface area contributed by atoms with Gasteiger partial charge in [0.15, 0.2) is 11.3 Å². The molecule has 9 heteroatoms. The molecule has 1 atom stereocenters. The molecule has 1 amide bonds. The predicted molar refractivity (Wildman–Crippen MR) is 114 cm³/mol. The second-order valence-corrected chi connectivity index (χ2v) is 7.60. The molecule has 3 aromatic rings. The number of amides is 1. The smallest absolute Gasteiger partial charge is 0.276 e. The Labute approximate surface area is 174 Å². The van der Waals surface area contributed by atoms with Crippen molar-refractivity contribution in [3.63, 3.8) is 0 Å². The summed E-state index contributed by atoms with van der Waals surface area (Å²) in [5.74, 6) is -0.392. The Hall–Kier alpha value is -3.23. The second kappa shape index (κ2) is 8.64. The molecule has 0 bridgehead atoms. The maximum atomic E-state index is 13.4. The van der Waals surface area contributed by atoms with Crippen LogP contribution >= 0.6 is 0 Å². The van der Waals surface area contributed by atoms with Crippen LogP contribution < -0.4 is 16.0 Å². The Morgan fingerprint density at radius 3 is 2.83 bits per heavy atom. The zero-order valence-electron chi connectivity index (χ0n) is 17.2. The molecule has 0 saturated heterocycles. The van der Waals surface area contributed by atoms with Crippen LogP contribution in [0.3, 0.4) is 0 Å².